The number of nitrogens with one attached hydrogen (secondary N) is 1. The van der Waals surface area contributed by atoms with Gasteiger partial charge in [-0.15, -0.1) is 0 Å². The molecule has 0 unspecified atom stereocenters. The molecule has 2 heterocycles. The lowest BCUT2D eigenvalue weighted by Gasteiger charge is -2.23. The molecule has 0 aromatic carbocycles. The molecule has 0 atom stereocenters. The summed E-state index contributed by atoms with van der Waals surface area (Å²) >= 11 is 0. The first-order valence-corrected chi connectivity index (χ1v) is 4.95. The molecule has 0 aliphatic carbocycles. The third kappa shape index (κ3) is 1.87. The largest absolute Gasteiger partial charge is 0.381 e. The predicted molar refractivity (Wildman–Crippen MR) is 49.2 cm³/mol. The van der Waals surface area contributed by atoms with E-state index in [2.05, 4.69) is 5.32 Å². The van der Waals surface area contributed by atoms with Gasteiger partial charge in [-0.05, 0) is 38.8 Å². The van der Waals surface area contributed by atoms with Crippen LogP contribution in [0.4, 0.5) is 0 Å². The minimum Gasteiger partial charge on any atom is -0.381 e. The predicted octanol–water partition coefficient (Wildman–Crippen LogP) is 1.48. The Balaban J connectivity index is 2.00. The van der Waals surface area contributed by atoms with Crippen molar-refractivity contribution < 1.29 is 4.74 Å². The van der Waals surface area contributed by atoms with E-state index in [-0.39, 0.29) is 0 Å². The van der Waals surface area contributed by atoms with Gasteiger partial charge in [0.1, 0.15) is 0 Å². The molecule has 2 fully saturated rings. The maximum absolute atomic E-state index is 5.34. The molecule has 0 aromatic rings. The van der Waals surface area contributed by atoms with Gasteiger partial charge in [0, 0.05) is 0 Å². The van der Waals surface area contributed by atoms with Crippen molar-refractivity contribution in [3.63, 3.8) is 0 Å². The van der Waals surface area contributed by atoms with Crippen molar-refractivity contribution in [1.82, 2.24) is 5.32 Å². The number of piperidine rings is 1. The average molecular weight is 167 g/mol. The van der Waals surface area contributed by atoms with Crippen LogP contribution in [0.2, 0.25) is 0 Å². The fourth-order valence-electron chi connectivity index (χ4n) is 2.05. The maximum atomic E-state index is 5.34. The first kappa shape index (κ1) is 8.27. The Bertz CT molecular complexity index is 150. The standard InChI is InChI=1S/C10H17NO/c1-5-11-6-2-9(1)10-3-7-12-8-4-10/h11H,1-8H2. The van der Waals surface area contributed by atoms with E-state index >= 15 is 0 Å². The number of rotatable bonds is 0. The van der Waals surface area contributed by atoms with Crippen molar-refractivity contribution in [2.24, 2.45) is 0 Å². The molecule has 0 saturated carbocycles. The fraction of sp³-hybridized carbons (Fsp3) is 0.800. The molecule has 68 valence electrons. The summed E-state index contributed by atoms with van der Waals surface area (Å²) in [6.07, 6.45) is 4.93. The van der Waals surface area contributed by atoms with Crippen LogP contribution in [0, 0.1) is 0 Å². The van der Waals surface area contributed by atoms with E-state index in [1.54, 1.807) is 11.1 Å². The molecule has 0 aromatic heterocycles. The highest BCUT2D eigenvalue weighted by molar-refractivity contribution is 5.17. The molecule has 2 heteroatoms. The summed E-state index contributed by atoms with van der Waals surface area (Å²) < 4.78 is 5.34. The summed E-state index contributed by atoms with van der Waals surface area (Å²) in [6, 6.07) is 0. The molecule has 2 nitrogen and oxygen atoms in total. The molecule has 2 rings (SSSR count). The van der Waals surface area contributed by atoms with E-state index in [0.717, 1.165) is 13.2 Å². The second-order valence-corrected chi connectivity index (χ2v) is 3.57. The minimum absolute atomic E-state index is 0.951. The summed E-state index contributed by atoms with van der Waals surface area (Å²) in [5, 5.41) is 3.39. The zero-order valence-corrected chi connectivity index (χ0v) is 7.57. The van der Waals surface area contributed by atoms with Crippen LogP contribution in [-0.2, 0) is 4.74 Å². The molecule has 0 radical (unpaired) electrons. The van der Waals surface area contributed by atoms with Gasteiger partial charge in [0.15, 0.2) is 0 Å². The summed E-state index contributed by atoms with van der Waals surface area (Å²) in [7, 11) is 0. The van der Waals surface area contributed by atoms with Crippen LogP contribution in [0.1, 0.15) is 25.7 Å². The molecule has 2 saturated heterocycles. The van der Waals surface area contributed by atoms with Gasteiger partial charge in [0.05, 0.1) is 13.2 Å². The molecular formula is C10H17NO. The van der Waals surface area contributed by atoms with Crippen molar-refractivity contribution in [2.45, 2.75) is 25.7 Å². The van der Waals surface area contributed by atoms with Crippen molar-refractivity contribution in [3.05, 3.63) is 11.1 Å². The van der Waals surface area contributed by atoms with Crippen LogP contribution in [0.15, 0.2) is 11.1 Å². The molecule has 2 aliphatic heterocycles. The Labute approximate surface area is 74.0 Å². The van der Waals surface area contributed by atoms with Crippen molar-refractivity contribution in [1.29, 1.82) is 0 Å². The Kier molecular flexibility index (Phi) is 2.79. The van der Waals surface area contributed by atoms with E-state index in [1.807, 2.05) is 0 Å². The van der Waals surface area contributed by atoms with E-state index in [1.165, 1.54) is 38.8 Å². The summed E-state index contributed by atoms with van der Waals surface area (Å²) in [5.41, 5.74) is 3.42. The van der Waals surface area contributed by atoms with E-state index < -0.39 is 0 Å². The van der Waals surface area contributed by atoms with Crippen LogP contribution in [0.5, 0.6) is 0 Å². The average Bonchev–Trinajstić information content (AvgIpc) is 2.21. The quantitative estimate of drug-likeness (QED) is 0.552. The smallest absolute Gasteiger partial charge is 0.0503 e. The molecule has 0 spiro atoms. The zero-order chi connectivity index (χ0) is 8.23. The molecule has 12 heavy (non-hydrogen) atoms. The van der Waals surface area contributed by atoms with Gasteiger partial charge in [0.25, 0.3) is 0 Å². The van der Waals surface area contributed by atoms with Gasteiger partial charge in [-0.1, -0.05) is 11.1 Å². The van der Waals surface area contributed by atoms with Crippen molar-refractivity contribution in [2.75, 3.05) is 26.3 Å². The highest BCUT2D eigenvalue weighted by atomic mass is 16.5. The van der Waals surface area contributed by atoms with Crippen LogP contribution < -0.4 is 5.32 Å². The second kappa shape index (κ2) is 4.06. The third-order valence-corrected chi connectivity index (χ3v) is 2.80. The Morgan fingerprint density at radius 3 is 2.08 bits per heavy atom. The van der Waals surface area contributed by atoms with Crippen molar-refractivity contribution in [3.8, 4) is 0 Å². The van der Waals surface area contributed by atoms with Gasteiger partial charge < -0.3 is 10.1 Å². The van der Waals surface area contributed by atoms with E-state index in [0.29, 0.717) is 0 Å². The Morgan fingerprint density at radius 1 is 0.833 bits per heavy atom. The zero-order valence-electron chi connectivity index (χ0n) is 7.57. The van der Waals surface area contributed by atoms with Gasteiger partial charge in [-0.25, -0.2) is 0 Å². The van der Waals surface area contributed by atoms with Crippen LogP contribution in [0.25, 0.3) is 0 Å². The normalized spacial score (nSPS) is 26.0. The lowest BCUT2D eigenvalue weighted by Crippen LogP contribution is -2.24. The molecule has 0 bridgehead atoms. The first-order chi connectivity index (χ1) is 5.97. The first-order valence-electron chi connectivity index (χ1n) is 4.95. The van der Waals surface area contributed by atoms with Crippen LogP contribution in [0.3, 0.4) is 0 Å². The summed E-state index contributed by atoms with van der Waals surface area (Å²) in [4.78, 5) is 0. The van der Waals surface area contributed by atoms with Gasteiger partial charge in [-0.3, -0.25) is 0 Å². The number of ether oxygens (including phenoxy) is 1. The highest BCUT2D eigenvalue weighted by Crippen LogP contribution is 2.23. The third-order valence-electron chi connectivity index (χ3n) is 2.80. The topological polar surface area (TPSA) is 21.3 Å². The van der Waals surface area contributed by atoms with Crippen LogP contribution in [-0.4, -0.2) is 26.3 Å². The molecular weight excluding hydrogens is 150 g/mol. The monoisotopic (exact) mass is 167 g/mol. The maximum Gasteiger partial charge on any atom is 0.0503 e. The van der Waals surface area contributed by atoms with E-state index in [9.17, 15) is 0 Å². The van der Waals surface area contributed by atoms with Crippen molar-refractivity contribution >= 4 is 0 Å². The van der Waals surface area contributed by atoms with E-state index in [4.69, 9.17) is 4.74 Å². The minimum atomic E-state index is 0.951. The van der Waals surface area contributed by atoms with Gasteiger partial charge >= 0.3 is 0 Å². The lowest BCUT2D eigenvalue weighted by molar-refractivity contribution is 0.118. The lowest BCUT2D eigenvalue weighted by atomic mass is 9.94. The SMILES string of the molecule is C1CC(=C2CCOCC2)CCN1. The fourth-order valence-corrected chi connectivity index (χ4v) is 2.05. The van der Waals surface area contributed by atoms with Gasteiger partial charge in [0.2, 0.25) is 0 Å². The molecule has 1 N–H and O–H groups in total. The molecule has 2 aliphatic rings. The molecule has 0 amide bonds. The van der Waals surface area contributed by atoms with Gasteiger partial charge in [-0.2, -0.15) is 0 Å². The Hall–Kier alpha value is -0.340. The van der Waals surface area contributed by atoms with Crippen LogP contribution >= 0.6 is 0 Å². The highest BCUT2D eigenvalue weighted by Gasteiger charge is 2.13. The number of hydrogen-bond acceptors (Lipinski definition) is 2. The second-order valence-electron chi connectivity index (χ2n) is 3.57. The number of hydrogen-bond donors (Lipinski definition) is 1. The summed E-state index contributed by atoms with van der Waals surface area (Å²) in [5.74, 6) is 0. The Morgan fingerprint density at radius 2 is 1.42 bits per heavy atom. The summed E-state index contributed by atoms with van der Waals surface area (Å²) in [6.45, 7) is 4.26.